The van der Waals surface area contributed by atoms with Crippen molar-refractivity contribution in [2.75, 3.05) is 21.3 Å². The molecule has 0 aliphatic heterocycles. The van der Waals surface area contributed by atoms with E-state index in [4.69, 9.17) is 4.74 Å². The fraction of sp³-hybridized carbons (Fsp3) is 0.333. The van der Waals surface area contributed by atoms with Gasteiger partial charge in [0.15, 0.2) is 0 Å². The van der Waals surface area contributed by atoms with E-state index in [0.29, 0.717) is 17.8 Å². The van der Waals surface area contributed by atoms with Crippen LogP contribution in [0.25, 0.3) is 0 Å². The lowest BCUT2D eigenvalue weighted by Crippen LogP contribution is -2.18. The minimum atomic E-state index is -0.703. The molecule has 0 fully saturated rings. The number of carbonyl (C=O) groups is 2. The molecule has 0 aromatic rings. The summed E-state index contributed by atoms with van der Waals surface area (Å²) in [5.41, 5.74) is 0.460. The van der Waals surface area contributed by atoms with Crippen molar-refractivity contribution in [1.82, 2.24) is 0 Å². The van der Waals surface area contributed by atoms with E-state index in [9.17, 15) is 9.59 Å². The summed E-state index contributed by atoms with van der Waals surface area (Å²) in [6.07, 6.45) is 5.49. The summed E-state index contributed by atoms with van der Waals surface area (Å²) >= 11 is 0. The van der Waals surface area contributed by atoms with E-state index in [0.717, 1.165) is 0 Å². The van der Waals surface area contributed by atoms with Crippen LogP contribution in [0.15, 0.2) is 35.1 Å². The maximum atomic E-state index is 11.5. The molecular weight excluding hydrogens is 224 g/mol. The average Bonchev–Trinajstić information content (AvgIpc) is 2.39. The SMILES string of the molecule is COC(=O)C(C(=O)OC)=C1C=CC(OC)=CC1. The second-order valence-corrected chi connectivity index (χ2v) is 3.23. The Labute approximate surface area is 99.3 Å². The van der Waals surface area contributed by atoms with E-state index < -0.39 is 11.9 Å². The van der Waals surface area contributed by atoms with E-state index in [1.54, 1.807) is 25.3 Å². The number of rotatable bonds is 3. The molecule has 0 saturated carbocycles. The van der Waals surface area contributed by atoms with Gasteiger partial charge in [-0.25, -0.2) is 9.59 Å². The Balaban J connectivity index is 3.07. The largest absolute Gasteiger partial charge is 0.497 e. The Bertz CT molecular complexity index is 397. The Hall–Kier alpha value is -2.04. The Morgan fingerprint density at radius 1 is 1.06 bits per heavy atom. The monoisotopic (exact) mass is 238 g/mol. The van der Waals surface area contributed by atoms with Crippen LogP contribution in [0.2, 0.25) is 0 Å². The summed E-state index contributed by atoms with van der Waals surface area (Å²) in [5, 5.41) is 0. The van der Waals surface area contributed by atoms with Crippen LogP contribution in [0, 0.1) is 0 Å². The van der Waals surface area contributed by atoms with Gasteiger partial charge in [-0.3, -0.25) is 0 Å². The van der Waals surface area contributed by atoms with Gasteiger partial charge in [-0.05, 0) is 24.1 Å². The topological polar surface area (TPSA) is 61.8 Å². The molecule has 17 heavy (non-hydrogen) atoms. The predicted octanol–water partition coefficient (Wildman–Crippen LogP) is 1.12. The zero-order valence-corrected chi connectivity index (χ0v) is 9.98. The molecule has 0 saturated heterocycles. The van der Waals surface area contributed by atoms with Gasteiger partial charge in [0.25, 0.3) is 0 Å². The summed E-state index contributed by atoms with van der Waals surface area (Å²) < 4.78 is 14.1. The third kappa shape index (κ3) is 2.96. The van der Waals surface area contributed by atoms with Crippen LogP contribution < -0.4 is 0 Å². The van der Waals surface area contributed by atoms with Gasteiger partial charge < -0.3 is 14.2 Å². The highest BCUT2D eigenvalue weighted by Gasteiger charge is 2.24. The second-order valence-electron chi connectivity index (χ2n) is 3.23. The van der Waals surface area contributed by atoms with Crippen LogP contribution in [0.5, 0.6) is 0 Å². The summed E-state index contributed by atoms with van der Waals surface area (Å²) in [6.45, 7) is 0. The summed E-state index contributed by atoms with van der Waals surface area (Å²) in [4.78, 5) is 23.0. The molecule has 0 bridgehead atoms. The molecule has 92 valence electrons. The first-order chi connectivity index (χ1) is 8.13. The van der Waals surface area contributed by atoms with E-state index in [1.807, 2.05) is 0 Å². The van der Waals surface area contributed by atoms with Crippen molar-refractivity contribution >= 4 is 11.9 Å². The fourth-order valence-corrected chi connectivity index (χ4v) is 1.42. The van der Waals surface area contributed by atoms with E-state index in [2.05, 4.69) is 9.47 Å². The molecule has 5 nitrogen and oxygen atoms in total. The van der Waals surface area contributed by atoms with Crippen molar-refractivity contribution in [1.29, 1.82) is 0 Å². The first-order valence-corrected chi connectivity index (χ1v) is 4.96. The number of hydrogen-bond donors (Lipinski definition) is 0. The Morgan fingerprint density at radius 3 is 2.00 bits per heavy atom. The van der Waals surface area contributed by atoms with Crippen molar-refractivity contribution < 1.29 is 23.8 Å². The van der Waals surface area contributed by atoms with Crippen LogP contribution in [-0.2, 0) is 23.8 Å². The van der Waals surface area contributed by atoms with Gasteiger partial charge >= 0.3 is 11.9 Å². The van der Waals surface area contributed by atoms with Gasteiger partial charge in [0.1, 0.15) is 11.3 Å². The molecule has 0 heterocycles. The van der Waals surface area contributed by atoms with Crippen LogP contribution in [-0.4, -0.2) is 33.3 Å². The van der Waals surface area contributed by atoms with Crippen molar-refractivity contribution in [3.05, 3.63) is 35.1 Å². The standard InChI is InChI=1S/C12H14O5/c1-15-9-6-4-8(5-7-9)10(11(13)16-2)12(14)17-3/h4,6-7H,5H2,1-3H3. The average molecular weight is 238 g/mol. The zero-order chi connectivity index (χ0) is 12.8. The van der Waals surface area contributed by atoms with Gasteiger partial charge in [0, 0.05) is 0 Å². The van der Waals surface area contributed by atoms with Crippen molar-refractivity contribution in [3.8, 4) is 0 Å². The molecular formula is C12H14O5. The molecule has 0 atom stereocenters. The fourth-order valence-electron chi connectivity index (χ4n) is 1.42. The van der Waals surface area contributed by atoms with Crippen LogP contribution >= 0.6 is 0 Å². The van der Waals surface area contributed by atoms with Crippen molar-refractivity contribution in [2.24, 2.45) is 0 Å². The number of carbonyl (C=O) groups excluding carboxylic acids is 2. The van der Waals surface area contributed by atoms with Gasteiger partial charge in [-0.1, -0.05) is 6.08 Å². The molecule has 0 radical (unpaired) electrons. The Morgan fingerprint density at radius 2 is 1.65 bits per heavy atom. The first-order valence-electron chi connectivity index (χ1n) is 4.96. The molecule has 1 aliphatic rings. The molecule has 0 aromatic carbocycles. The summed E-state index contributed by atoms with van der Waals surface area (Å²) in [5.74, 6) is -0.723. The summed E-state index contributed by atoms with van der Waals surface area (Å²) in [6, 6.07) is 0. The number of hydrogen-bond acceptors (Lipinski definition) is 5. The number of allylic oxidation sites excluding steroid dienone is 4. The number of esters is 2. The molecule has 0 N–H and O–H groups in total. The minimum Gasteiger partial charge on any atom is -0.497 e. The maximum absolute atomic E-state index is 11.5. The van der Waals surface area contributed by atoms with E-state index in [-0.39, 0.29) is 5.57 Å². The first kappa shape index (κ1) is 13.0. The molecule has 0 aromatic heterocycles. The zero-order valence-electron chi connectivity index (χ0n) is 9.98. The highest BCUT2D eigenvalue weighted by atomic mass is 16.5. The minimum absolute atomic E-state index is 0.0855. The molecule has 1 rings (SSSR count). The lowest BCUT2D eigenvalue weighted by Gasteiger charge is -2.11. The van der Waals surface area contributed by atoms with Gasteiger partial charge in [0.05, 0.1) is 21.3 Å². The van der Waals surface area contributed by atoms with E-state index in [1.165, 1.54) is 14.2 Å². The van der Waals surface area contributed by atoms with E-state index >= 15 is 0 Å². The summed E-state index contributed by atoms with van der Waals surface area (Å²) in [7, 11) is 3.98. The van der Waals surface area contributed by atoms with Gasteiger partial charge in [0.2, 0.25) is 0 Å². The van der Waals surface area contributed by atoms with Crippen molar-refractivity contribution in [3.63, 3.8) is 0 Å². The molecule has 0 amide bonds. The molecule has 0 spiro atoms. The highest BCUT2D eigenvalue weighted by molar-refractivity contribution is 6.15. The van der Waals surface area contributed by atoms with Crippen molar-refractivity contribution in [2.45, 2.75) is 6.42 Å². The normalized spacial score (nSPS) is 13.8. The second kappa shape index (κ2) is 5.89. The predicted molar refractivity (Wildman–Crippen MR) is 59.9 cm³/mol. The lowest BCUT2D eigenvalue weighted by atomic mass is 10.0. The third-order valence-corrected chi connectivity index (χ3v) is 2.31. The smallest absolute Gasteiger partial charge is 0.345 e. The third-order valence-electron chi connectivity index (χ3n) is 2.31. The van der Waals surface area contributed by atoms with Gasteiger partial charge in [-0.15, -0.1) is 0 Å². The lowest BCUT2D eigenvalue weighted by molar-refractivity contribution is -0.144. The highest BCUT2D eigenvalue weighted by Crippen LogP contribution is 2.21. The van der Waals surface area contributed by atoms with Gasteiger partial charge in [-0.2, -0.15) is 0 Å². The molecule has 1 aliphatic carbocycles. The quantitative estimate of drug-likeness (QED) is 0.319. The molecule has 0 unspecified atom stereocenters. The van der Waals surface area contributed by atoms with Crippen LogP contribution in [0.1, 0.15) is 6.42 Å². The van der Waals surface area contributed by atoms with Crippen LogP contribution in [0.4, 0.5) is 0 Å². The maximum Gasteiger partial charge on any atom is 0.345 e. The molecule has 5 heteroatoms. The number of ether oxygens (including phenoxy) is 3. The number of methoxy groups -OCH3 is 3. The Kier molecular flexibility index (Phi) is 4.51. The van der Waals surface area contributed by atoms with Crippen LogP contribution in [0.3, 0.4) is 0 Å².